The molecule has 0 saturated carbocycles. The van der Waals surface area contributed by atoms with Crippen LogP contribution in [0, 0.1) is 0 Å². The van der Waals surface area contributed by atoms with E-state index in [-0.39, 0.29) is 0 Å². The van der Waals surface area contributed by atoms with Crippen molar-refractivity contribution in [3.05, 3.63) is 139 Å². The molecule has 0 amide bonds. The van der Waals surface area contributed by atoms with Crippen LogP contribution in [-0.4, -0.2) is 27.4 Å². The second-order valence-corrected chi connectivity index (χ2v) is 10.9. The van der Waals surface area contributed by atoms with Crippen LogP contribution in [0.15, 0.2) is 132 Å². The lowest BCUT2D eigenvalue weighted by Crippen LogP contribution is -2.00. The third kappa shape index (κ3) is 3.96. The number of fused-ring (bicyclic) bond motifs is 5. The largest absolute Gasteiger partial charge is 0.456 e. The highest BCUT2D eigenvalue weighted by Gasteiger charge is 2.21. The van der Waals surface area contributed by atoms with Gasteiger partial charge in [0.15, 0.2) is 17.5 Å². The lowest BCUT2D eigenvalue weighted by molar-refractivity contribution is 0.669. The maximum atomic E-state index is 6.34. The van der Waals surface area contributed by atoms with Crippen molar-refractivity contribution in [1.29, 1.82) is 0 Å². The summed E-state index contributed by atoms with van der Waals surface area (Å²) in [6.45, 7) is 0. The molecule has 0 unspecified atom stereocenters. The van der Waals surface area contributed by atoms with Crippen LogP contribution >= 0.6 is 0 Å². The van der Waals surface area contributed by atoms with E-state index in [2.05, 4.69) is 83.5 Å². The van der Waals surface area contributed by atoms with Crippen molar-refractivity contribution in [1.82, 2.24) is 19.6 Å². The van der Waals surface area contributed by atoms with Gasteiger partial charge in [0.05, 0.1) is 11.1 Å². The van der Waals surface area contributed by atoms with Gasteiger partial charge in [-0.1, -0.05) is 102 Å². The first-order valence-corrected chi connectivity index (χ1v) is 14.5. The number of aromatic nitrogens is 3. The van der Waals surface area contributed by atoms with Gasteiger partial charge in [0.2, 0.25) is 0 Å². The van der Waals surface area contributed by atoms with Gasteiger partial charge in [0.25, 0.3) is 0 Å². The molecular formula is C39H23N4O+. The second kappa shape index (κ2) is 9.70. The molecule has 6 aromatic carbocycles. The molecule has 0 N–H and O–H groups in total. The monoisotopic (exact) mass is 563 g/mol. The minimum Gasteiger partial charge on any atom is -0.456 e. The zero-order valence-corrected chi connectivity index (χ0v) is 23.5. The zero-order chi connectivity index (χ0) is 29.0. The van der Waals surface area contributed by atoms with Crippen molar-refractivity contribution in [2.45, 2.75) is 0 Å². The van der Waals surface area contributed by atoms with Gasteiger partial charge in [-0.3, -0.25) is 0 Å². The summed E-state index contributed by atoms with van der Waals surface area (Å²) >= 11 is 0. The quantitative estimate of drug-likeness (QED) is 0.201. The average molecular weight is 564 g/mol. The molecule has 1 aliphatic rings. The zero-order valence-electron chi connectivity index (χ0n) is 23.5. The fourth-order valence-electron chi connectivity index (χ4n) is 6.15. The molecule has 0 atom stereocenters. The number of furan rings is 1. The summed E-state index contributed by atoms with van der Waals surface area (Å²) in [6.07, 6.45) is 3.75. The third-order valence-corrected chi connectivity index (χ3v) is 8.24. The van der Waals surface area contributed by atoms with E-state index < -0.39 is 0 Å². The molecule has 0 fully saturated rings. The molecule has 5 heteroatoms. The Balaban J connectivity index is 1.32. The van der Waals surface area contributed by atoms with E-state index in [0.29, 0.717) is 17.5 Å². The molecule has 0 saturated heterocycles. The SMILES string of the molecule is C1=[N+]=Cc2cc3c(cc21)oc1cccc(-c2nc(-c4ccccc4)nc(-c4cc(-c5ccccc5)c5ccccc5c4)n2)c13. The molecule has 0 aliphatic carbocycles. The summed E-state index contributed by atoms with van der Waals surface area (Å²) in [4.78, 5) is 15.3. The van der Waals surface area contributed by atoms with Crippen LogP contribution in [0.4, 0.5) is 0 Å². The minimum atomic E-state index is 0.595. The van der Waals surface area contributed by atoms with Crippen LogP contribution in [-0.2, 0) is 0 Å². The van der Waals surface area contributed by atoms with Crippen LogP contribution in [0.1, 0.15) is 11.1 Å². The van der Waals surface area contributed by atoms with Crippen LogP contribution in [0.5, 0.6) is 0 Å². The predicted octanol–water partition coefficient (Wildman–Crippen LogP) is 8.51. The fraction of sp³-hybridized carbons (Fsp3) is 0. The second-order valence-electron chi connectivity index (χ2n) is 10.9. The van der Waals surface area contributed by atoms with Gasteiger partial charge in [-0.2, -0.15) is 0 Å². The van der Waals surface area contributed by atoms with E-state index in [9.17, 15) is 0 Å². The van der Waals surface area contributed by atoms with E-state index in [1.807, 2.05) is 61.0 Å². The molecule has 3 heterocycles. The Morgan fingerprint density at radius 2 is 1.14 bits per heavy atom. The van der Waals surface area contributed by atoms with Crippen molar-refractivity contribution >= 4 is 45.1 Å². The molecule has 0 radical (unpaired) electrons. The van der Waals surface area contributed by atoms with E-state index >= 15 is 0 Å². The first kappa shape index (κ1) is 24.4. The molecule has 5 nitrogen and oxygen atoms in total. The topological polar surface area (TPSA) is 65.9 Å². The number of benzene rings is 6. The van der Waals surface area contributed by atoms with E-state index in [0.717, 1.165) is 66.3 Å². The Morgan fingerprint density at radius 1 is 0.455 bits per heavy atom. The Morgan fingerprint density at radius 3 is 1.95 bits per heavy atom. The predicted molar refractivity (Wildman–Crippen MR) is 179 cm³/mol. The van der Waals surface area contributed by atoms with Crippen LogP contribution in [0.25, 0.3) is 78.0 Å². The van der Waals surface area contributed by atoms with Crippen LogP contribution in [0.3, 0.4) is 0 Å². The highest BCUT2D eigenvalue weighted by molar-refractivity contribution is 6.15. The fourth-order valence-corrected chi connectivity index (χ4v) is 6.15. The first-order valence-electron chi connectivity index (χ1n) is 14.5. The van der Waals surface area contributed by atoms with Crippen molar-refractivity contribution < 1.29 is 4.42 Å². The Labute approximate surface area is 252 Å². The van der Waals surface area contributed by atoms with Crippen molar-refractivity contribution in [2.24, 2.45) is 0 Å². The maximum absolute atomic E-state index is 6.34. The molecular weight excluding hydrogens is 540 g/mol. The number of hydrogen-bond donors (Lipinski definition) is 0. The molecule has 0 spiro atoms. The molecule has 2 aromatic heterocycles. The maximum Gasteiger partial charge on any atom is 0.300 e. The summed E-state index contributed by atoms with van der Waals surface area (Å²) in [5.74, 6) is 1.83. The highest BCUT2D eigenvalue weighted by Crippen LogP contribution is 2.38. The van der Waals surface area contributed by atoms with Crippen LogP contribution in [0.2, 0.25) is 0 Å². The molecule has 1 aliphatic heterocycles. The third-order valence-electron chi connectivity index (χ3n) is 8.24. The van der Waals surface area contributed by atoms with E-state index in [4.69, 9.17) is 19.4 Å². The van der Waals surface area contributed by atoms with Gasteiger partial charge in [-0.25, -0.2) is 15.0 Å². The number of nitrogens with zero attached hydrogens (tertiary/aromatic N) is 4. The highest BCUT2D eigenvalue weighted by atomic mass is 16.3. The summed E-state index contributed by atoms with van der Waals surface area (Å²) in [7, 11) is 0. The van der Waals surface area contributed by atoms with Crippen LogP contribution < -0.4 is 4.67 Å². The Hall–Kier alpha value is -6.16. The number of rotatable bonds is 4. The standard InChI is InChI=1S/C39H23N4O/c1-3-10-24(11-4-1)32-19-27(18-26-14-7-8-15-30(26)32)38-41-37(25-12-5-2-6-13-25)42-39(43-38)31-16-9-17-34-36(31)33-20-28-22-40-23-29(28)21-35(33)44-34/h1-23H/q+1. The molecule has 0 bridgehead atoms. The smallest absolute Gasteiger partial charge is 0.300 e. The van der Waals surface area contributed by atoms with Gasteiger partial charge < -0.3 is 4.42 Å². The normalized spacial score (nSPS) is 12.0. The lowest BCUT2D eigenvalue weighted by Gasteiger charge is -2.12. The van der Waals surface area contributed by atoms with E-state index in [1.165, 1.54) is 5.39 Å². The summed E-state index contributed by atoms with van der Waals surface area (Å²) < 4.78 is 10.7. The molecule has 8 aromatic rings. The van der Waals surface area contributed by atoms with Crippen molar-refractivity contribution in [2.75, 3.05) is 0 Å². The number of hydrogen-bond acceptors (Lipinski definition) is 4. The average Bonchev–Trinajstić information content (AvgIpc) is 3.71. The Kier molecular flexibility index (Phi) is 5.39. The van der Waals surface area contributed by atoms with Crippen molar-refractivity contribution in [3.8, 4) is 45.3 Å². The summed E-state index contributed by atoms with van der Waals surface area (Å²) in [6, 6.07) is 43.6. The minimum absolute atomic E-state index is 0.595. The van der Waals surface area contributed by atoms with Gasteiger partial charge >= 0.3 is 12.4 Å². The van der Waals surface area contributed by atoms with Gasteiger partial charge in [0, 0.05) is 27.5 Å². The molecule has 9 rings (SSSR count). The Bertz CT molecular complexity index is 2470. The first-order chi connectivity index (χ1) is 21.8. The van der Waals surface area contributed by atoms with E-state index in [1.54, 1.807) is 0 Å². The van der Waals surface area contributed by atoms with Gasteiger partial charge in [-0.05, 0) is 52.2 Å². The lowest BCUT2D eigenvalue weighted by atomic mass is 9.95. The summed E-state index contributed by atoms with van der Waals surface area (Å²) in [5.41, 5.74) is 8.75. The molecule has 204 valence electrons. The van der Waals surface area contributed by atoms with Gasteiger partial charge in [0.1, 0.15) is 11.2 Å². The van der Waals surface area contributed by atoms with Gasteiger partial charge in [-0.15, -0.1) is 0 Å². The summed E-state index contributed by atoms with van der Waals surface area (Å²) in [5, 5.41) is 4.30. The molecule has 44 heavy (non-hydrogen) atoms. The van der Waals surface area contributed by atoms with Crippen molar-refractivity contribution in [3.63, 3.8) is 0 Å².